The summed E-state index contributed by atoms with van der Waals surface area (Å²) in [5, 5.41) is 3.76. The molecule has 2 rings (SSSR count). The summed E-state index contributed by atoms with van der Waals surface area (Å²) in [7, 11) is 0. The molecule has 3 nitrogen and oxygen atoms in total. The number of carbonyl (C=O) groups is 2. The van der Waals surface area contributed by atoms with Gasteiger partial charge >= 0.3 is 0 Å². The van der Waals surface area contributed by atoms with E-state index in [0.717, 1.165) is 5.56 Å². The second-order valence-corrected chi connectivity index (χ2v) is 5.68. The van der Waals surface area contributed by atoms with Crippen LogP contribution in [-0.4, -0.2) is 11.7 Å². The number of carbonyl (C=O) groups excluding carboxylic acids is 2. The molecule has 0 unspecified atom stereocenters. The van der Waals surface area contributed by atoms with E-state index in [1.807, 2.05) is 12.1 Å². The first kappa shape index (κ1) is 16.5. The number of hydrogen-bond donors (Lipinski definition) is 1. The number of nitrogens with one attached hydrogen (secondary N) is 1. The molecule has 0 aliphatic carbocycles. The number of aryl methyl sites for hydroxylation is 1. The number of halogens is 2. The minimum Gasteiger partial charge on any atom is -0.326 e. The van der Waals surface area contributed by atoms with E-state index >= 15 is 0 Å². The van der Waals surface area contributed by atoms with Crippen molar-refractivity contribution in [3.05, 3.63) is 63.6 Å². The number of benzene rings is 2. The van der Waals surface area contributed by atoms with Crippen molar-refractivity contribution in [2.45, 2.75) is 19.8 Å². The van der Waals surface area contributed by atoms with Gasteiger partial charge in [-0.15, -0.1) is 0 Å². The van der Waals surface area contributed by atoms with Gasteiger partial charge in [-0.1, -0.05) is 35.3 Å². The Balaban J connectivity index is 1.93. The summed E-state index contributed by atoms with van der Waals surface area (Å²) in [4.78, 5) is 23.1. The predicted octanol–water partition coefficient (Wildman–Crippen LogP) is 4.77. The lowest BCUT2D eigenvalue weighted by Crippen LogP contribution is -2.12. The molecule has 0 aliphatic heterocycles. The van der Waals surface area contributed by atoms with Crippen molar-refractivity contribution >= 4 is 40.6 Å². The fourth-order valence-electron chi connectivity index (χ4n) is 2.00. The van der Waals surface area contributed by atoms with E-state index in [1.54, 1.807) is 30.3 Å². The van der Waals surface area contributed by atoms with Crippen molar-refractivity contribution in [2.75, 3.05) is 5.32 Å². The summed E-state index contributed by atoms with van der Waals surface area (Å²) in [5.41, 5.74) is 2.12. The Kier molecular flexibility index (Phi) is 5.58. The third-order valence-electron chi connectivity index (χ3n) is 3.23. The first-order valence-electron chi connectivity index (χ1n) is 6.81. The minimum atomic E-state index is -0.119. The summed E-state index contributed by atoms with van der Waals surface area (Å²) in [6.07, 6.45) is 0.811. The zero-order valence-electron chi connectivity index (χ0n) is 12.0. The SMILES string of the molecule is CC(=O)c1ccc(NC(=O)CCc2cccc(Cl)c2Cl)cc1. The smallest absolute Gasteiger partial charge is 0.224 e. The van der Waals surface area contributed by atoms with Gasteiger partial charge in [0.05, 0.1) is 10.0 Å². The lowest BCUT2D eigenvalue weighted by molar-refractivity contribution is -0.116. The number of Topliss-reactive ketones (excluding diaryl/α,β-unsaturated/α-hetero) is 1. The molecule has 2 aromatic rings. The topological polar surface area (TPSA) is 46.2 Å². The number of hydrogen-bond acceptors (Lipinski definition) is 2. The maximum atomic E-state index is 11.9. The van der Waals surface area contributed by atoms with Gasteiger partial charge in [-0.05, 0) is 49.2 Å². The van der Waals surface area contributed by atoms with E-state index < -0.39 is 0 Å². The van der Waals surface area contributed by atoms with E-state index in [4.69, 9.17) is 23.2 Å². The van der Waals surface area contributed by atoms with Crippen LogP contribution in [0, 0.1) is 0 Å². The quantitative estimate of drug-likeness (QED) is 0.800. The summed E-state index contributed by atoms with van der Waals surface area (Å²) in [6.45, 7) is 1.50. The molecule has 2 aromatic carbocycles. The van der Waals surface area contributed by atoms with Crippen molar-refractivity contribution < 1.29 is 9.59 Å². The van der Waals surface area contributed by atoms with Crippen molar-refractivity contribution in [1.29, 1.82) is 0 Å². The highest BCUT2D eigenvalue weighted by Crippen LogP contribution is 2.26. The highest BCUT2D eigenvalue weighted by Gasteiger charge is 2.08. The molecule has 1 amide bonds. The maximum absolute atomic E-state index is 11.9. The lowest BCUT2D eigenvalue weighted by Gasteiger charge is -2.07. The Morgan fingerprint density at radius 2 is 1.73 bits per heavy atom. The van der Waals surface area contributed by atoms with Crippen molar-refractivity contribution in [2.24, 2.45) is 0 Å². The monoisotopic (exact) mass is 335 g/mol. The molecular formula is C17H15Cl2NO2. The van der Waals surface area contributed by atoms with Crippen LogP contribution in [0.1, 0.15) is 29.3 Å². The van der Waals surface area contributed by atoms with Gasteiger partial charge in [-0.2, -0.15) is 0 Å². The second kappa shape index (κ2) is 7.43. The Morgan fingerprint density at radius 1 is 1.05 bits per heavy atom. The average molecular weight is 336 g/mol. The Morgan fingerprint density at radius 3 is 2.36 bits per heavy atom. The van der Waals surface area contributed by atoms with Gasteiger partial charge in [-0.25, -0.2) is 0 Å². The van der Waals surface area contributed by atoms with Crippen molar-refractivity contribution in [1.82, 2.24) is 0 Å². The summed E-state index contributed by atoms with van der Waals surface area (Å²) in [6, 6.07) is 12.2. The number of amides is 1. The molecule has 0 fully saturated rings. The summed E-state index contributed by atoms with van der Waals surface area (Å²) in [5.74, 6) is -0.125. The van der Waals surface area contributed by atoms with E-state index in [9.17, 15) is 9.59 Å². The first-order valence-corrected chi connectivity index (χ1v) is 7.56. The first-order chi connectivity index (χ1) is 10.5. The zero-order chi connectivity index (χ0) is 16.1. The van der Waals surface area contributed by atoms with Crippen LogP contribution in [0.25, 0.3) is 0 Å². The molecular weight excluding hydrogens is 321 g/mol. The van der Waals surface area contributed by atoms with Crippen LogP contribution in [-0.2, 0) is 11.2 Å². The second-order valence-electron chi connectivity index (χ2n) is 4.89. The van der Waals surface area contributed by atoms with E-state index in [1.165, 1.54) is 6.92 Å². The van der Waals surface area contributed by atoms with Crippen LogP contribution in [0.4, 0.5) is 5.69 Å². The molecule has 0 aliphatic rings. The van der Waals surface area contributed by atoms with Crippen LogP contribution in [0.3, 0.4) is 0 Å². The zero-order valence-corrected chi connectivity index (χ0v) is 13.5. The van der Waals surface area contributed by atoms with E-state index in [2.05, 4.69) is 5.32 Å². The number of anilines is 1. The van der Waals surface area contributed by atoms with Gasteiger partial charge in [0.25, 0.3) is 0 Å². The third-order valence-corrected chi connectivity index (χ3v) is 4.09. The predicted molar refractivity (Wildman–Crippen MR) is 89.9 cm³/mol. The molecule has 0 atom stereocenters. The molecule has 0 radical (unpaired) electrons. The fraction of sp³-hybridized carbons (Fsp3) is 0.176. The summed E-state index contributed by atoms with van der Waals surface area (Å²) >= 11 is 12.0. The largest absolute Gasteiger partial charge is 0.326 e. The average Bonchev–Trinajstić information content (AvgIpc) is 2.49. The molecule has 1 N–H and O–H groups in total. The highest BCUT2D eigenvalue weighted by atomic mass is 35.5. The molecule has 22 heavy (non-hydrogen) atoms. The molecule has 114 valence electrons. The standard InChI is InChI=1S/C17H15Cl2NO2/c1-11(21)12-5-8-14(9-6-12)20-16(22)10-7-13-3-2-4-15(18)17(13)19/h2-6,8-9H,7,10H2,1H3,(H,20,22). The summed E-state index contributed by atoms with van der Waals surface area (Å²) < 4.78 is 0. The maximum Gasteiger partial charge on any atom is 0.224 e. The van der Waals surface area contributed by atoms with Crippen LogP contribution >= 0.6 is 23.2 Å². The van der Waals surface area contributed by atoms with Crippen molar-refractivity contribution in [3.8, 4) is 0 Å². The van der Waals surface area contributed by atoms with Gasteiger partial charge in [0, 0.05) is 17.7 Å². The van der Waals surface area contributed by atoms with Gasteiger partial charge in [0.15, 0.2) is 5.78 Å². The molecule has 0 heterocycles. The van der Waals surface area contributed by atoms with Crippen LogP contribution < -0.4 is 5.32 Å². The van der Waals surface area contributed by atoms with Gasteiger partial charge in [-0.3, -0.25) is 9.59 Å². The van der Waals surface area contributed by atoms with Gasteiger partial charge in [0.1, 0.15) is 0 Å². The Bertz CT molecular complexity index is 696. The third kappa shape index (κ3) is 4.33. The fourth-order valence-corrected chi connectivity index (χ4v) is 2.42. The van der Waals surface area contributed by atoms with E-state index in [0.29, 0.717) is 34.1 Å². The van der Waals surface area contributed by atoms with E-state index in [-0.39, 0.29) is 11.7 Å². The van der Waals surface area contributed by atoms with Crippen molar-refractivity contribution in [3.63, 3.8) is 0 Å². The lowest BCUT2D eigenvalue weighted by atomic mass is 10.1. The molecule has 0 spiro atoms. The van der Waals surface area contributed by atoms with Crippen LogP contribution in [0.5, 0.6) is 0 Å². The van der Waals surface area contributed by atoms with Crippen LogP contribution in [0.15, 0.2) is 42.5 Å². The molecule has 0 saturated carbocycles. The number of ketones is 1. The Hall–Kier alpha value is -1.84. The molecule has 5 heteroatoms. The number of rotatable bonds is 5. The molecule has 0 bridgehead atoms. The molecule has 0 saturated heterocycles. The van der Waals surface area contributed by atoms with Crippen LogP contribution in [0.2, 0.25) is 10.0 Å². The Labute approximate surface area is 139 Å². The van der Waals surface area contributed by atoms with Gasteiger partial charge in [0.2, 0.25) is 5.91 Å². The minimum absolute atomic E-state index is 0.00604. The highest BCUT2D eigenvalue weighted by molar-refractivity contribution is 6.42. The molecule has 0 aromatic heterocycles. The normalized spacial score (nSPS) is 10.3. The van der Waals surface area contributed by atoms with Gasteiger partial charge < -0.3 is 5.32 Å².